The average Bonchev–Trinajstić information content (AvgIpc) is 2.81. The second-order valence-corrected chi connectivity index (χ2v) is 8.63. The number of halogens is 2. The van der Waals surface area contributed by atoms with Crippen molar-refractivity contribution in [3.8, 4) is 17.6 Å². The lowest BCUT2D eigenvalue weighted by Gasteiger charge is -2.11. The van der Waals surface area contributed by atoms with Gasteiger partial charge in [-0.15, -0.1) is 0 Å². The van der Waals surface area contributed by atoms with Gasteiger partial charge in [0.25, 0.3) is 5.91 Å². The van der Waals surface area contributed by atoms with E-state index in [2.05, 4.69) is 37.2 Å². The first-order valence-electron chi connectivity index (χ1n) is 9.68. The van der Waals surface area contributed by atoms with Crippen molar-refractivity contribution in [2.75, 3.05) is 7.11 Å². The molecule has 0 heterocycles. The molecule has 3 rings (SSSR count). The van der Waals surface area contributed by atoms with E-state index in [9.17, 15) is 10.1 Å². The fraction of sp³-hybridized carbons (Fsp3) is 0.120. The van der Waals surface area contributed by atoms with Gasteiger partial charge in [-0.2, -0.15) is 5.26 Å². The average molecular weight is 556 g/mol. The highest BCUT2D eigenvalue weighted by atomic mass is 79.9. The number of hydrogen-bond acceptors (Lipinski definition) is 4. The van der Waals surface area contributed by atoms with Gasteiger partial charge in [-0.25, -0.2) is 0 Å². The van der Waals surface area contributed by atoms with Crippen LogP contribution >= 0.6 is 31.9 Å². The largest absolute Gasteiger partial charge is 0.497 e. The number of benzene rings is 3. The SMILES string of the molecule is COc1ccc(CNC(=O)/C(C#N)=C\c2cc(Br)ccc2OCc2ccc(Br)cc2)cc1. The summed E-state index contributed by atoms with van der Waals surface area (Å²) in [7, 11) is 1.60. The molecule has 7 heteroatoms. The van der Waals surface area contributed by atoms with Crippen molar-refractivity contribution < 1.29 is 14.3 Å². The van der Waals surface area contributed by atoms with E-state index in [4.69, 9.17) is 9.47 Å². The number of nitriles is 1. The van der Waals surface area contributed by atoms with Crippen molar-refractivity contribution in [2.24, 2.45) is 0 Å². The predicted octanol–water partition coefficient (Wildman–Crippen LogP) is 6.02. The lowest BCUT2D eigenvalue weighted by atomic mass is 10.1. The van der Waals surface area contributed by atoms with Gasteiger partial charge in [-0.1, -0.05) is 56.1 Å². The highest BCUT2D eigenvalue weighted by Crippen LogP contribution is 2.27. The summed E-state index contributed by atoms with van der Waals surface area (Å²) in [6, 6.07) is 22.6. The number of nitrogens with zero attached hydrogens (tertiary/aromatic N) is 1. The molecular weight excluding hydrogens is 536 g/mol. The molecule has 0 saturated carbocycles. The lowest BCUT2D eigenvalue weighted by molar-refractivity contribution is -0.117. The molecule has 0 unspecified atom stereocenters. The molecule has 0 aliphatic carbocycles. The van der Waals surface area contributed by atoms with Crippen LogP contribution in [0.2, 0.25) is 0 Å². The molecule has 0 saturated heterocycles. The first-order chi connectivity index (χ1) is 15.5. The van der Waals surface area contributed by atoms with Crippen LogP contribution < -0.4 is 14.8 Å². The first kappa shape index (κ1) is 23.6. The van der Waals surface area contributed by atoms with Crippen molar-refractivity contribution in [3.63, 3.8) is 0 Å². The van der Waals surface area contributed by atoms with Crippen LogP contribution in [0.4, 0.5) is 0 Å². The summed E-state index contributed by atoms with van der Waals surface area (Å²) in [4.78, 5) is 12.6. The number of methoxy groups -OCH3 is 1. The molecule has 0 aromatic heterocycles. The summed E-state index contributed by atoms with van der Waals surface area (Å²) in [5, 5.41) is 12.3. The van der Waals surface area contributed by atoms with Gasteiger partial charge >= 0.3 is 0 Å². The van der Waals surface area contributed by atoms with Gasteiger partial charge in [0.15, 0.2) is 0 Å². The van der Waals surface area contributed by atoms with E-state index < -0.39 is 5.91 Å². The fourth-order valence-electron chi connectivity index (χ4n) is 2.83. The Bertz CT molecular complexity index is 1150. The van der Waals surface area contributed by atoms with Gasteiger partial charge in [0.2, 0.25) is 0 Å². The van der Waals surface area contributed by atoms with Gasteiger partial charge < -0.3 is 14.8 Å². The number of nitrogens with one attached hydrogen (secondary N) is 1. The summed E-state index contributed by atoms with van der Waals surface area (Å²) >= 11 is 6.85. The Labute approximate surface area is 203 Å². The Balaban J connectivity index is 1.73. The molecule has 162 valence electrons. The number of rotatable bonds is 8. The van der Waals surface area contributed by atoms with Crippen molar-refractivity contribution in [1.82, 2.24) is 5.32 Å². The standard InChI is InChI=1S/C25H20Br2N2O3/c1-31-23-9-4-17(5-10-23)15-29-25(30)20(14-28)12-19-13-22(27)8-11-24(19)32-16-18-2-6-21(26)7-3-18/h2-13H,15-16H2,1H3,(H,29,30)/b20-12-. The second kappa shape index (κ2) is 11.5. The number of amides is 1. The fourth-order valence-corrected chi connectivity index (χ4v) is 3.47. The minimum Gasteiger partial charge on any atom is -0.497 e. The van der Waals surface area contributed by atoms with Crippen LogP contribution in [0.1, 0.15) is 16.7 Å². The van der Waals surface area contributed by atoms with Crippen molar-refractivity contribution in [1.29, 1.82) is 5.26 Å². The third-order valence-electron chi connectivity index (χ3n) is 4.56. The number of hydrogen-bond donors (Lipinski definition) is 1. The van der Waals surface area contributed by atoms with E-state index in [-0.39, 0.29) is 5.57 Å². The van der Waals surface area contributed by atoms with Crippen LogP contribution in [-0.4, -0.2) is 13.0 Å². The van der Waals surface area contributed by atoms with Crippen molar-refractivity contribution in [3.05, 3.63) is 97.9 Å². The third kappa shape index (κ3) is 6.71. The molecule has 0 bridgehead atoms. The van der Waals surface area contributed by atoms with Gasteiger partial charge in [0.05, 0.1) is 7.11 Å². The van der Waals surface area contributed by atoms with Crippen LogP contribution in [0.15, 0.2) is 81.2 Å². The maximum Gasteiger partial charge on any atom is 0.262 e. The summed E-state index contributed by atoms with van der Waals surface area (Å²) in [5.41, 5.74) is 2.53. The molecule has 0 radical (unpaired) electrons. The van der Waals surface area contributed by atoms with E-state index in [0.717, 1.165) is 25.8 Å². The number of carbonyl (C=O) groups excluding carboxylic acids is 1. The minimum atomic E-state index is -0.456. The van der Waals surface area contributed by atoms with Crippen LogP contribution in [0.3, 0.4) is 0 Å². The van der Waals surface area contributed by atoms with Crippen LogP contribution in [0.5, 0.6) is 11.5 Å². The van der Waals surface area contributed by atoms with Crippen LogP contribution in [0.25, 0.3) is 6.08 Å². The topological polar surface area (TPSA) is 71.3 Å². The van der Waals surface area contributed by atoms with Gasteiger partial charge in [0.1, 0.15) is 29.7 Å². The summed E-state index contributed by atoms with van der Waals surface area (Å²) in [6.07, 6.45) is 1.53. The Morgan fingerprint density at radius 1 is 1.00 bits per heavy atom. The zero-order valence-electron chi connectivity index (χ0n) is 17.3. The Kier molecular flexibility index (Phi) is 8.48. The molecule has 3 aromatic rings. The zero-order valence-corrected chi connectivity index (χ0v) is 20.4. The molecule has 1 amide bonds. The van der Waals surface area contributed by atoms with Crippen molar-refractivity contribution in [2.45, 2.75) is 13.2 Å². The molecule has 0 aliphatic rings. The highest BCUT2D eigenvalue weighted by molar-refractivity contribution is 9.10. The molecule has 5 nitrogen and oxygen atoms in total. The first-order valence-corrected chi connectivity index (χ1v) is 11.3. The van der Waals surface area contributed by atoms with E-state index in [1.54, 1.807) is 13.2 Å². The van der Waals surface area contributed by atoms with Crippen LogP contribution in [-0.2, 0) is 17.9 Å². The normalized spacial score (nSPS) is 10.9. The quantitative estimate of drug-likeness (QED) is 0.272. The summed E-state index contributed by atoms with van der Waals surface area (Å²) in [5.74, 6) is 0.858. The Morgan fingerprint density at radius 2 is 1.66 bits per heavy atom. The smallest absolute Gasteiger partial charge is 0.262 e. The van der Waals surface area contributed by atoms with Gasteiger partial charge in [0, 0.05) is 21.1 Å². The van der Waals surface area contributed by atoms with E-state index in [1.165, 1.54) is 6.08 Å². The number of ether oxygens (including phenoxy) is 2. The van der Waals surface area contributed by atoms with Crippen LogP contribution in [0, 0.1) is 11.3 Å². The third-order valence-corrected chi connectivity index (χ3v) is 5.58. The molecule has 3 aromatic carbocycles. The lowest BCUT2D eigenvalue weighted by Crippen LogP contribution is -2.23. The van der Waals surface area contributed by atoms with E-state index >= 15 is 0 Å². The maximum atomic E-state index is 12.6. The molecule has 0 atom stereocenters. The highest BCUT2D eigenvalue weighted by Gasteiger charge is 2.12. The van der Waals surface area contributed by atoms with E-state index in [0.29, 0.717) is 24.5 Å². The molecular formula is C25H20Br2N2O3. The minimum absolute atomic E-state index is 0.00916. The second-order valence-electron chi connectivity index (χ2n) is 6.80. The number of carbonyl (C=O) groups is 1. The molecule has 32 heavy (non-hydrogen) atoms. The Hall–Kier alpha value is -3.08. The predicted molar refractivity (Wildman–Crippen MR) is 131 cm³/mol. The maximum absolute atomic E-state index is 12.6. The molecule has 1 N–H and O–H groups in total. The Morgan fingerprint density at radius 3 is 2.31 bits per heavy atom. The molecule has 0 spiro atoms. The van der Waals surface area contributed by atoms with Crippen molar-refractivity contribution >= 4 is 43.8 Å². The summed E-state index contributed by atoms with van der Waals surface area (Å²) in [6.45, 7) is 0.661. The van der Waals surface area contributed by atoms with E-state index in [1.807, 2.05) is 66.7 Å². The molecule has 0 fully saturated rings. The summed E-state index contributed by atoms with van der Waals surface area (Å²) < 4.78 is 12.9. The molecule has 0 aliphatic heterocycles. The zero-order chi connectivity index (χ0) is 22.9. The monoisotopic (exact) mass is 554 g/mol. The van der Waals surface area contributed by atoms with Gasteiger partial charge in [-0.3, -0.25) is 4.79 Å². The van der Waals surface area contributed by atoms with Gasteiger partial charge in [-0.05, 0) is 59.7 Å².